The first-order valence-corrected chi connectivity index (χ1v) is 13.5. The van der Waals surface area contributed by atoms with Crippen molar-refractivity contribution >= 4 is 41.2 Å². The van der Waals surface area contributed by atoms with Crippen LogP contribution in [0.2, 0.25) is 0 Å². The van der Waals surface area contributed by atoms with Gasteiger partial charge in [0.1, 0.15) is 5.92 Å². The summed E-state index contributed by atoms with van der Waals surface area (Å²) in [5, 5.41) is 6.23. The monoisotopic (exact) mass is 545 g/mol. The number of amides is 4. The molecule has 0 radical (unpaired) electrons. The molecule has 10 nitrogen and oxygen atoms in total. The molecule has 2 aromatic carbocycles. The molecule has 1 aliphatic carbocycles. The van der Waals surface area contributed by atoms with Crippen LogP contribution in [0.15, 0.2) is 60.7 Å². The Kier molecular flexibility index (Phi) is 9.11. The van der Waals surface area contributed by atoms with Gasteiger partial charge in [-0.25, -0.2) is 10.9 Å². The minimum absolute atomic E-state index is 0.127. The van der Waals surface area contributed by atoms with Crippen molar-refractivity contribution in [1.29, 1.82) is 0 Å². The number of benzene rings is 2. The Morgan fingerprint density at radius 1 is 0.975 bits per heavy atom. The number of hydrazine groups is 1. The maximum atomic E-state index is 13.6. The van der Waals surface area contributed by atoms with E-state index in [0.29, 0.717) is 10.7 Å². The second-order valence-corrected chi connectivity index (χ2v) is 10.5. The van der Waals surface area contributed by atoms with E-state index in [2.05, 4.69) is 10.6 Å². The minimum atomic E-state index is -1.23. The molecule has 0 bridgehead atoms. The maximum Gasteiger partial charge on any atom is 0.255 e. The van der Waals surface area contributed by atoms with E-state index in [1.165, 1.54) is 13.0 Å². The fourth-order valence-electron chi connectivity index (χ4n) is 5.46. The van der Waals surface area contributed by atoms with E-state index in [1.54, 1.807) is 30.3 Å². The van der Waals surface area contributed by atoms with E-state index in [1.807, 2.05) is 30.3 Å². The summed E-state index contributed by atoms with van der Waals surface area (Å²) in [5.74, 6) is 0.615. The lowest BCUT2D eigenvalue weighted by molar-refractivity contribution is -0.142. The summed E-state index contributed by atoms with van der Waals surface area (Å²) in [6, 6.07) is 14.5. The topological polar surface area (TPSA) is 165 Å². The van der Waals surface area contributed by atoms with Crippen molar-refractivity contribution in [3.8, 4) is 0 Å². The van der Waals surface area contributed by atoms with Crippen molar-refractivity contribution in [2.45, 2.75) is 51.1 Å². The first kappa shape index (κ1) is 28.7. The molecule has 0 aromatic heterocycles. The molecule has 1 saturated heterocycles. The number of Topliss-reactive ketones (excluding diaryl/α,β-unsaturated/α-hetero) is 1. The van der Waals surface area contributed by atoms with E-state index < -0.39 is 53.3 Å². The number of nitrogens with two attached hydrogens (primary N) is 2. The number of hydrogen-bond donors (Lipinski definition) is 4. The van der Waals surface area contributed by atoms with Gasteiger partial charge >= 0.3 is 0 Å². The number of nitrogens with zero attached hydrogens (tertiary/aromatic N) is 1. The van der Waals surface area contributed by atoms with Gasteiger partial charge in [-0.15, -0.1) is 0 Å². The summed E-state index contributed by atoms with van der Waals surface area (Å²) in [6.07, 6.45) is 6.16. The van der Waals surface area contributed by atoms with Crippen molar-refractivity contribution in [2.75, 3.05) is 5.73 Å². The van der Waals surface area contributed by atoms with Crippen LogP contribution in [0.3, 0.4) is 0 Å². The van der Waals surface area contributed by atoms with Crippen molar-refractivity contribution in [3.63, 3.8) is 0 Å². The molecule has 4 rings (SSSR count). The molecule has 10 heteroatoms. The van der Waals surface area contributed by atoms with Gasteiger partial charge in [0, 0.05) is 11.8 Å². The van der Waals surface area contributed by atoms with Crippen molar-refractivity contribution in [1.82, 2.24) is 15.6 Å². The smallest absolute Gasteiger partial charge is 0.255 e. The van der Waals surface area contributed by atoms with Crippen LogP contribution in [-0.2, 0) is 24.0 Å². The molecule has 1 aliphatic heterocycles. The molecular formula is C30H35N5O5. The van der Waals surface area contributed by atoms with E-state index in [4.69, 9.17) is 11.6 Å². The fourth-order valence-corrected chi connectivity index (χ4v) is 5.46. The average Bonchev–Trinajstić information content (AvgIpc) is 3.55. The first-order chi connectivity index (χ1) is 19.2. The molecule has 4 amide bonds. The molecule has 2 fully saturated rings. The Hall–Kier alpha value is -4.31. The highest BCUT2D eigenvalue weighted by molar-refractivity contribution is 6.16. The zero-order valence-electron chi connectivity index (χ0n) is 22.4. The van der Waals surface area contributed by atoms with Gasteiger partial charge < -0.3 is 16.4 Å². The van der Waals surface area contributed by atoms with Crippen LogP contribution in [0, 0.1) is 17.8 Å². The number of nitrogens with one attached hydrogen (secondary N) is 2. The Balaban J connectivity index is 1.49. The molecule has 40 heavy (non-hydrogen) atoms. The number of nitrogen functional groups attached to an aromatic ring is 1. The van der Waals surface area contributed by atoms with Crippen LogP contribution in [-0.4, -0.2) is 40.5 Å². The molecule has 1 heterocycles. The number of ketones is 1. The van der Waals surface area contributed by atoms with E-state index in [0.717, 1.165) is 36.8 Å². The summed E-state index contributed by atoms with van der Waals surface area (Å²) in [5.41, 5.74) is 7.84. The van der Waals surface area contributed by atoms with Crippen LogP contribution >= 0.6 is 0 Å². The van der Waals surface area contributed by atoms with E-state index >= 15 is 0 Å². The predicted octanol–water partition coefficient (Wildman–Crippen LogP) is 2.27. The second-order valence-electron chi connectivity index (χ2n) is 10.5. The average molecular weight is 546 g/mol. The quantitative estimate of drug-likeness (QED) is 0.0888. The Morgan fingerprint density at radius 2 is 1.62 bits per heavy atom. The third-order valence-electron chi connectivity index (χ3n) is 7.70. The van der Waals surface area contributed by atoms with Gasteiger partial charge in [-0.05, 0) is 48.1 Å². The lowest BCUT2D eigenvalue weighted by Crippen LogP contribution is -2.50. The van der Waals surface area contributed by atoms with Gasteiger partial charge in [0.2, 0.25) is 17.7 Å². The van der Waals surface area contributed by atoms with Crippen molar-refractivity contribution in [3.05, 3.63) is 71.8 Å². The highest BCUT2D eigenvalue weighted by Crippen LogP contribution is 2.33. The Bertz CT molecular complexity index is 1290. The van der Waals surface area contributed by atoms with E-state index in [-0.39, 0.29) is 12.3 Å². The molecule has 2 aromatic rings. The van der Waals surface area contributed by atoms with Crippen molar-refractivity contribution in [2.24, 2.45) is 23.6 Å². The van der Waals surface area contributed by atoms with Gasteiger partial charge in [-0.2, -0.15) is 0 Å². The third-order valence-corrected chi connectivity index (χ3v) is 7.70. The summed E-state index contributed by atoms with van der Waals surface area (Å²) < 4.78 is 0. The molecule has 1 saturated carbocycles. The summed E-state index contributed by atoms with van der Waals surface area (Å²) >= 11 is 0. The largest absolute Gasteiger partial charge is 0.399 e. The summed E-state index contributed by atoms with van der Waals surface area (Å²) in [6.45, 7) is 1.50. The zero-order valence-corrected chi connectivity index (χ0v) is 22.4. The maximum absolute atomic E-state index is 13.6. The Labute approximate surface area is 233 Å². The number of hydrogen-bond acceptors (Lipinski definition) is 7. The van der Waals surface area contributed by atoms with Crippen molar-refractivity contribution < 1.29 is 24.0 Å². The van der Waals surface area contributed by atoms with Gasteiger partial charge in [0.05, 0.1) is 24.4 Å². The second kappa shape index (κ2) is 12.7. The van der Waals surface area contributed by atoms with Gasteiger partial charge in [0.15, 0.2) is 5.78 Å². The molecule has 0 unspecified atom stereocenters. The third kappa shape index (κ3) is 6.63. The normalized spacial score (nSPS) is 21.0. The van der Waals surface area contributed by atoms with Gasteiger partial charge in [-0.3, -0.25) is 24.0 Å². The lowest BCUT2D eigenvalue weighted by atomic mass is 9.83. The number of carbonyl (C=O) groups excluding carboxylic acids is 5. The lowest BCUT2D eigenvalue weighted by Gasteiger charge is -2.27. The zero-order chi connectivity index (χ0) is 28.8. The minimum Gasteiger partial charge on any atom is -0.399 e. The van der Waals surface area contributed by atoms with Crippen LogP contribution in [0.1, 0.15) is 56.2 Å². The molecule has 2 aliphatic rings. The van der Waals surface area contributed by atoms with Gasteiger partial charge in [0.25, 0.3) is 5.91 Å². The van der Waals surface area contributed by atoms with Gasteiger partial charge in [-0.1, -0.05) is 62.2 Å². The van der Waals surface area contributed by atoms with Crippen LogP contribution < -0.4 is 22.2 Å². The van der Waals surface area contributed by atoms with Crippen LogP contribution in [0.5, 0.6) is 0 Å². The SMILES string of the molecule is C[C@@H]1C(=O)N(N)C(=O)[C@H]1C(=O)[C@@H](NC(=O)C[C@H](NC(=O)/C=C/c1ccc(N)cc1)c1ccccc1)C1CCCC1. The van der Waals surface area contributed by atoms with Crippen LogP contribution in [0.25, 0.3) is 6.08 Å². The highest BCUT2D eigenvalue weighted by Gasteiger charge is 2.51. The highest BCUT2D eigenvalue weighted by atomic mass is 16.2. The summed E-state index contributed by atoms with van der Waals surface area (Å²) in [7, 11) is 0. The first-order valence-electron chi connectivity index (χ1n) is 13.5. The fraction of sp³-hybridized carbons (Fsp3) is 0.367. The standard InChI is InChI=1S/C30H35N5O5/c1-18-26(30(40)35(32)29(18)39)28(38)27(21-9-5-6-10-21)34-25(37)17-23(20-7-3-2-4-8-20)33-24(36)16-13-19-11-14-22(31)15-12-19/h2-4,7-8,11-16,18,21,23,26-27H,5-6,9-10,17,31-32H2,1H3,(H,33,36)(H,34,37)/b16-13+/t18-,23-,26+,27-/m0/s1. The molecule has 210 valence electrons. The summed E-state index contributed by atoms with van der Waals surface area (Å²) in [4.78, 5) is 64.6. The number of anilines is 1. The molecular weight excluding hydrogens is 510 g/mol. The molecule has 0 spiro atoms. The number of imide groups is 1. The number of carbonyl (C=O) groups is 5. The molecule has 6 N–H and O–H groups in total. The van der Waals surface area contributed by atoms with Crippen LogP contribution in [0.4, 0.5) is 5.69 Å². The van der Waals surface area contributed by atoms with E-state index in [9.17, 15) is 24.0 Å². The predicted molar refractivity (Wildman–Crippen MR) is 149 cm³/mol. The Morgan fingerprint density at radius 3 is 2.23 bits per heavy atom. The number of rotatable bonds is 10. The molecule has 4 atom stereocenters.